The van der Waals surface area contributed by atoms with Crippen LogP contribution in [0.1, 0.15) is 77.3 Å². The number of carboxylic acid groups (broad SMARTS) is 1. The molecule has 0 saturated heterocycles. The summed E-state index contributed by atoms with van der Waals surface area (Å²) in [6.07, 6.45) is 18.3. The molecule has 2 N–H and O–H groups in total. The number of anilines is 1. The van der Waals surface area contributed by atoms with Crippen molar-refractivity contribution in [3.63, 3.8) is 0 Å². The molecule has 4 aromatic rings. The number of carbonyl (C=O) groups is 1. The SMILES string of the molecule is CC1(C)C(/C=C/C=C/C=C/C=C2\N(CCCCS(=O)(=O)O)c3ccc4ccccc4c3C2(C)C)=[N+](CCCCCC(=O)O)c2ccc3ccccc3c21. The lowest BCUT2D eigenvalue weighted by molar-refractivity contribution is -0.438. The molecule has 0 bridgehead atoms. The summed E-state index contributed by atoms with van der Waals surface area (Å²) in [6.45, 7) is 10.5. The highest BCUT2D eigenvalue weighted by molar-refractivity contribution is 7.85. The molecule has 4 aromatic carbocycles. The fourth-order valence-corrected chi connectivity index (χ4v) is 8.88. The molecule has 276 valence electrons. The molecule has 0 unspecified atom stereocenters. The summed E-state index contributed by atoms with van der Waals surface area (Å²) < 4.78 is 34.5. The Labute approximate surface area is 314 Å². The first-order valence-corrected chi connectivity index (χ1v) is 20.3. The van der Waals surface area contributed by atoms with Crippen molar-refractivity contribution in [3.05, 3.63) is 132 Å². The average molecular weight is 732 g/mol. The van der Waals surface area contributed by atoms with Crippen molar-refractivity contribution in [3.8, 4) is 0 Å². The van der Waals surface area contributed by atoms with Crippen molar-refractivity contribution in [2.45, 2.75) is 77.0 Å². The first-order chi connectivity index (χ1) is 25.3. The van der Waals surface area contributed by atoms with E-state index in [1.54, 1.807) is 0 Å². The second-order valence-electron chi connectivity index (χ2n) is 15.2. The Morgan fingerprint density at radius 2 is 1.38 bits per heavy atom. The van der Waals surface area contributed by atoms with Gasteiger partial charge in [-0.15, -0.1) is 0 Å². The summed E-state index contributed by atoms with van der Waals surface area (Å²) in [7, 11) is -4.00. The second-order valence-corrected chi connectivity index (χ2v) is 16.8. The maximum absolute atomic E-state index is 11.4. The quantitative estimate of drug-likeness (QED) is 0.0547. The lowest BCUT2D eigenvalue weighted by atomic mass is 9.79. The van der Waals surface area contributed by atoms with E-state index in [9.17, 15) is 17.8 Å². The molecular weight excluding hydrogens is 681 g/mol. The fraction of sp³-hybridized carbons (Fsp3) is 0.333. The molecule has 2 aliphatic rings. The van der Waals surface area contributed by atoms with Crippen LogP contribution in [0, 0.1) is 0 Å². The molecule has 6 rings (SSSR count). The number of nitrogens with zero attached hydrogens (tertiary/aromatic N) is 2. The molecule has 8 heteroatoms. The van der Waals surface area contributed by atoms with Crippen LogP contribution in [0.2, 0.25) is 0 Å². The van der Waals surface area contributed by atoms with E-state index < -0.39 is 16.1 Å². The van der Waals surface area contributed by atoms with Crippen LogP contribution in [0.4, 0.5) is 11.4 Å². The molecule has 53 heavy (non-hydrogen) atoms. The van der Waals surface area contributed by atoms with E-state index in [1.165, 1.54) is 44.1 Å². The Balaban J connectivity index is 1.24. The van der Waals surface area contributed by atoms with Gasteiger partial charge in [-0.3, -0.25) is 9.35 Å². The van der Waals surface area contributed by atoms with Crippen LogP contribution in [-0.2, 0) is 25.7 Å². The number of rotatable bonds is 15. The summed E-state index contributed by atoms with van der Waals surface area (Å²) in [4.78, 5) is 13.4. The lowest BCUT2D eigenvalue weighted by Gasteiger charge is -2.27. The number of hydrogen-bond donors (Lipinski definition) is 2. The fourth-order valence-electron chi connectivity index (χ4n) is 8.32. The second kappa shape index (κ2) is 15.7. The number of benzene rings is 4. The summed E-state index contributed by atoms with van der Waals surface area (Å²) >= 11 is 0. The van der Waals surface area contributed by atoms with Gasteiger partial charge in [0.25, 0.3) is 10.1 Å². The van der Waals surface area contributed by atoms with E-state index in [1.807, 2.05) is 12.2 Å². The largest absolute Gasteiger partial charge is 0.481 e. The molecule has 0 fully saturated rings. The molecule has 0 saturated carbocycles. The molecule has 0 radical (unpaired) electrons. The molecule has 0 aliphatic carbocycles. The Morgan fingerprint density at radius 3 is 2.08 bits per heavy atom. The zero-order valence-corrected chi connectivity index (χ0v) is 32.1. The summed E-state index contributed by atoms with van der Waals surface area (Å²) in [5.74, 6) is -0.983. The van der Waals surface area contributed by atoms with Gasteiger partial charge in [0.1, 0.15) is 6.54 Å². The van der Waals surface area contributed by atoms with Crippen molar-refractivity contribution >= 4 is 54.7 Å². The number of fused-ring (bicyclic) bond motifs is 6. The van der Waals surface area contributed by atoms with E-state index in [0.29, 0.717) is 25.8 Å². The topological polar surface area (TPSA) is 97.9 Å². The van der Waals surface area contributed by atoms with Crippen molar-refractivity contribution in [1.82, 2.24) is 0 Å². The lowest BCUT2D eigenvalue weighted by Crippen LogP contribution is -2.28. The Kier molecular flexibility index (Phi) is 11.2. The molecule has 7 nitrogen and oxygen atoms in total. The van der Waals surface area contributed by atoms with Crippen molar-refractivity contribution in [2.75, 3.05) is 23.7 Å². The Bertz CT molecular complexity index is 2290. The number of carboxylic acids is 1. The van der Waals surface area contributed by atoms with Crippen LogP contribution >= 0.6 is 0 Å². The number of allylic oxidation sites excluding steroid dienone is 8. The molecule has 0 amide bonds. The van der Waals surface area contributed by atoms with Gasteiger partial charge in [0.2, 0.25) is 5.69 Å². The molecular formula is C45H51N2O5S+. The third-order valence-electron chi connectivity index (χ3n) is 10.8. The van der Waals surface area contributed by atoms with E-state index in [4.69, 9.17) is 5.11 Å². The van der Waals surface area contributed by atoms with Gasteiger partial charge in [-0.2, -0.15) is 13.0 Å². The Hall–Kier alpha value is -4.79. The van der Waals surface area contributed by atoms with Crippen LogP contribution in [0.5, 0.6) is 0 Å². The van der Waals surface area contributed by atoms with Gasteiger partial charge in [0.15, 0.2) is 5.71 Å². The summed E-state index contributed by atoms with van der Waals surface area (Å²) in [5.41, 5.74) is 6.80. The monoisotopic (exact) mass is 731 g/mol. The van der Waals surface area contributed by atoms with Gasteiger partial charge >= 0.3 is 5.97 Å². The minimum atomic E-state index is -4.00. The normalized spacial score (nSPS) is 17.4. The minimum Gasteiger partial charge on any atom is -0.481 e. The summed E-state index contributed by atoms with van der Waals surface area (Å²) in [6, 6.07) is 25.7. The van der Waals surface area contributed by atoms with E-state index >= 15 is 0 Å². The van der Waals surface area contributed by atoms with Gasteiger partial charge < -0.3 is 10.0 Å². The van der Waals surface area contributed by atoms with Gasteiger partial charge in [-0.1, -0.05) is 98.8 Å². The average Bonchev–Trinajstić information content (AvgIpc) is 3.47. The minimum absolute atomic E-state index is 0.203. The van der Waals surface area contributed by atoms with Crippen molar-refractivity contribution in [1.29, 1.82) is 0 Å². The van der Waals surface area contributed by atoms with Gasteiger partial charge in [0.05, 0.1) is 11.2 Å². The molecule has 0 spiro atoms. The Morgan fingerprint density at radius 1 is 0.736 bits per heavy atom. The van der Waals surface area contributed by atoms with E-state index in [2.05, 4.69) is 140 Å². The maximum Gasteiger partial charge on any atom is 0.303 e. The highest BCUT2D eigenvalue weighted by Gasteiger charge is 2.45. The third kappa shape index (κ3) is 8.09. The predicted octanol–water partition coefficient (Wildman–Crippen LogP) is 10.0. The first kappa shape index (κ1) is 38.0. The predicted molar refractivity (Wildman–Crippen MR) is 218 cm³/mol. The van der Waals surface area contributed by atoms with Gasteiger partial charge in [-0.05, 0) is 84.8 Å². The zero-order chi connectivity index (χ0) is 37.8. The highest BCUT2D eigenvalue weighted by atomic mass is 32.2. The maximum atomic E-state index is 11.4. The van der Waals surface area contributed by atoms with Crippen molar-refractivity contribution in [2.24, 2.45) is 0 Å². The molecule has 2 aliphatic heterocycles. The third-order valence-corrected chi connectivity index (χ3v) is 11.6. The number of hydrogen-bond acceptors (Lipinski definition) is 4. The highest BCUT2D eigenvalue weighted by Crippen LogP contribution is 2.51. The van der Waals surface area contributed by atoms with Crippen molar-refractivity contribution < 1.29 is 27.4 Å². The van der Waals surface area contributed by atoms with E-state index in [-0.39, 0.29) is 23.0 Å². The van der Waals surface area contributed by atoms with Crippen LogP contribution in [0.25, 0.3) is 21.5 Å². The van der Waals surface area contributed by atoms with Crippen LogP contribution in [0.15, 0.2) is 121 Å². The number of unbranched alkanes of at least 4 members (excludes halogenated alkanes) is 3. The number of aliphatic carboxylic acids is 1. The van der Waals surface area contributed by atoms with Gasteiger partial charge in [0, 0.05) is 53.9 Å². The molecule has 0 atom stereocenters. The van der Waals surface area contributed by atoms with Crippen LogP contribution < -0.4 is 4.90 Å². The molecule has 2 heterocycles. The smallest absolute Gasteiger partial charge is 0.303 e. The van der Waals surface area contributed by atoms with Gasteiger partial charge in [-0.25, -0.2) is 0 Å². The van der Waals surface area contributed by atoms with Crippen LogP contribution in [0.3, 0.4) is 0 Å². The molecule has 0 aromatic heterocycles. The summed E-state index contributed by atoms with van der Waals surface area (Å²) in [5, 5.41) is 14.0. The standard InChI is InChI=1S/C45H50N2O5S/c1-44(2)39(46(30-16-8-11-25-41(48)49)37-28-26-33-19-12-14-21-35(33)42(37)44)23-9-6-5-7-10-24-40-45(3,4)43-36-22-15-13-20-34(36)27-29-38(43)47(40)31-17-18-32-53(50,51)52/h5-7,9-10,12-15,19-24,26-29H,8,11,16-18,25,30-32H2,1-4H3,(H-,48,49,50,51,52)/p+1. The zero-order valence-electron chi connectivity index (χ0n) is 31.3. The van der Waals surface area contributed by atoms with E-state index in [0.717, 1.165) is 30.8 Å². The first-order valence-electron chi connectivity index (χ1n) is 18.7. The van der Waals surface area contributed by atoms with Crippen LogP contribution in [-0.4, -0.2) is 53.2 Å².